The molecular weight excluding hydrogens is 236 g/mol. The van der Waals surface area contributed by atoms with Gasteiger partial charge in [0.15, 0.2) is 0 Å². The molecule has 0 bridgehead atoms. The van der Waals surface area contributed by atoms with Crippen molar-refractivity contribution in [1.82, 2.24) is 0 Å². The second kappa shape index (κ2) is 6.33. The van der Waals surface area contributed by atoms with Gasteiger partial charge in [0, 0.05) is 24.3 Å². The predicted octanol–water partition coefficient (Wildman–Crippen LogP) is 1.65. The number of primary amides is 1. The van der Waals surface area contributed by atoms with Crippen LogP contribution in [0.3, 0.4) is 0 Å². The molecule has 0 aliphatic rings. The lowest BCUT2D eigenvalue weighted by molar-refractivity contribution is -0.384. The monoisotopic (exact) mass is 250 g/mol. The van der Waals surface area contributed by atoms with Crippen LogP contribution in [0.4, 0.5) is 11.4 Å². The second-order valence-electron chi connectivity index (χ2n) is 3.73. The lowest BCUT2D eigenvalue weighted by atomic mass is 10.2. The van der Waals surface area contributed by atoms with Crippen molar-refractivity contribution in [2.24, 2.45) is 10.8 Å². The Morgan fingerprint density at radius 3 is 2.50 bits per heavy atom. The molecule has 96 valence electrons. The zero-order valence-electron chi connectivity index (χ0n) is 9.92. The van der Waals surface area contributed by atoms with Crippen molar-refractivity contribution < 1.29 is 9.72 Å². The van der Waals surface area contributed by atoms with Gasteiger partial charge in [0.2, 0.25) is 5.91 Å². The fraction of sp³-hybridized carbons (Fsp3) is 0.273. The fourth-order valence-corrected chi connectivity index (χ4v) is 1.18. The Hall–Kier alpha value is -2.44. The standard InChI is InChI=1S/C11H14N4O3/c1-8(2-7-11(12)16)13-14-9-3-5-10(6-4-9)15(17)18/h3-6,14H,2,7H2,1H3,(H2,12,16)/b13-8+. The van der Waals surface area contributed by atoms with Gasteiger partial charge in [-0.25, -0.2) is 0 Å². The van der Waals surface area contributed by atoms with E-state index < -0.39 is 4.92 Å². The van der Waals surface area contributed by atoms with E-state index in [0.29, 0.717) is 12.1 Å². The van der Waals surface area contributed by atoms with E-state index in [0.717, 1.165) is 5.71 Å². The number of benzene rings is 1. The van der Waals surface area contributed by atoms with Gasteiger partial charge in [0.05, 0.1) is 10.6 Å². The van der Waals surface area contributed by atoms with Crippen LogP contribution < -0.4 is 11.2 Å². The number of hydrogen-bond acceptors (Lipinski definition) is 5. The van der Waals surface area contributed by atoms with E-state index in [-0.39, 0.29) is 18.0 Å². The molecule has 0 radical (unpaired) electrons. The van der Waals surface area contributed by atoms with Gasteiger partial charge >= 0.3 is 0 Å². The molecule has 7 nitrogen and oxygen atoms in total. The van der Waals surface area contributed by atoms with Crippen LogP contribution in [0.5, 0.6) is 0 Å². The Labute approximate surface area is 104 Å². The highest BCUT2D eigenvalue weighted by Gasteiger charge is 2.03. The Bertz CT molecular complexity index is 468. The largest absolute Gasteiger partial charge is 0.370 e. The van der Waals surface area contributed by atoms with Gasteiger partial charge in [0.1, 0.15) is 0 Å². The van der Waals surface area contributed by atoms with Gasteiger partial charge in [-0.05, 0) is 25.5 Å². The Kier molecular flexibility index (Phi) is 4.79. The summed E-state index contributed by atoms with van der Waals surface area (Å²) in [6.45, 7) is 1.77. The minimum absolute atomic E-state index is 0.0231. The minimum Gasteiger partial charge on any atom is -0.370 e. The molecule has 0 saturated carbocycles. The molecule has 18 heavy (non-hydrogen) atoms. The topological polar surface area (TPSA) is 111 Å². The molecule has 1 aromatic rings. The van der Waals surface area contributed by atoms with Crippen molar-refractivity contribution in [3.8, 4) is 0 Å². The second-order valence-corrected chi connectivity index (χ2v) is 3.73. The van der Waals surface area contributed by atoms with E-state index in [2.05, 4.69) is 10.5 Å². The number of amides is 1. The number of hydrazone groups is 1. The maximum Gasteiger partial charge on any atom is 0.269 e. The number of nitro benzene ring substituents is 1. The highest BCUT2D eigenvalue weighted by atomic mass is 16.6. The number of nitrogens with two attached hydrogens (primary N) is 1. The maximum atomic E-state index is 10.6. The maximum absolute atomic E-state index is 10.6. The third-order valence-corrected chi connectivity index (χ3v) is 2.19. The first-order chi connectivity index (χ1) is 8.49. The Balaban J connectivity index is 2.54. The van der Waals surface area contributed by atoms with E-state index in [4.69, 9.17) is 5.73 Å². The molecule has 0 atom stereocenters. The summed E-state index contributed by atoms with van der Waals surface area (Å²) < 4.78 is 0. The molecule has 0 saturated heterocycles. The number of nitrogens with zero attached hydrogens (tertiary/aromatic N) is 2. The molecule has 1 amide bonds. The highest BCUT2D eigenvalue weighted by Crippen LogP contribution is 2.15. The quantitative estimate of drug-likeness (QED) is 0.454. The molecule has 0 heterocycles. The lowest BCUT2D eigenvalue weighted by Gasteiger charge is -2.02. The summed E-state index contributed by atoms with van der Waals surface area (Å²) in [4.78, 5) is 20.5. The molecule has 0 unspecified atom stereocenters. The number of carbonyl (C=O) groups is 1. The smallest absolute Gasteiger partial charge is 0.269 e. The van der Waals surface area contributed by atoms with E-state index in [1.54, 1.807) is 19.1 Å². The number of hydrogen-bond donors (Lipinski definition) is 2. The molecule has 0 aromatic heterocycles. The summed E-state index contributed by atoms with van der Waals surface area (Å²) in [5.74, 6) is -0.375. The summed E-state index contributed by atoms with van der Waals surface area (Å²) in [6, 6.07) is 5.89. The minimum atomic E-state index is -0.467. The van der Waals surface area contributed by atoms with Crippen molar-refractivity contribution >= 4 is 23.0 Å². The predicted molar refractivity (Wildman–Crippen MR) is 68.3 cm³/mol. The van der Waals surface area contributed by atoms with Crippen LogP contribution in [0.1, 0.15) is 19.8 Å². The molecular formula is C11H14N4O3. The molecule has 3 N–H and O–H groups in total. The van der Waals surface area contributed by atoms with Crippen LogP contribution in [0.15, 0.2) is 29.4 Å². The zero-order chi connectivity index (χ0) is 13.5. The Morgan fingerprint density at radius 1 is 1.39 bits per heavy atom. The molecule has 0 aliphatic carbocycles. The summed E-state index contributed by atoms with van der Waals surface area (Å²) >= 11 is 0. The van der Waals surface area contributed by atoms with E-state index in [1.807, 2.05) is 0 Å². The molecule has 0 aliphatic heterocycles. The first-order valence-corrected chi connectivity index (χ1v) is 5.31. The Morgan fingerprint density at radius 2 is 2.00 bits per heavy atom. The van der Waals surface area contributed by atoms with Gasteiger partial charge in [-0.3, -0.25) is 20.3 Å². The van der Waals surface area contributed by atoms with Crippen LogP contribution in [-0.4, -0.2) is 16.5 Å². The van der Waals surface area contributed by atoms with E-state index in [1.165, 1.54) is 12.1 Å². The summed E-state index contributed by atoms with van der Waals surface area (Å²) in [5, 5.41) is 14.5. The first-order valence-electron chi connectivity index (χ1n) is 5.31. The lowest BCUT2D eigenvalue weighted by Crippen LogP contribution is -2.12. The van der Waals surface area contributed by atoms with Gasteiger partial charge in [-0.2, -0.15) is 5.10 Å². The summed E-state index contributed by atoms with van der Waals surface area (Å²) in [6.07, 6.45) is 0.729. The van der Waals surface area contributed by atoms with Crippen molar-refractivity contribution in [3.05, 3.63) is 34.4 Å². The molecule has 1 rings (SSSR count). The molecule has 0 fully saturated rings. The van der Waals surface area contributed by atoms with Gasteiger partial charge in [-0.15, -0.1) is 0 Å². The van der Waals surface area contributed by atoms with Crippen molar-refractivity contribution in [3.63, 3.8) is 0 Å². The number of anilines is 1. The van der Waals surface area contributed by atoms with E-state index in [9.17, 15) is 14.9 Å². The number of carbonyl (C=O) groups excluding carboxylic acids is 1. The third-order valence-electron chi connectivity index (χ3n) is 2.19. The summed E-state index contributed by atoms with van der Waals surface area (Å²) in [5.41, 5.74) is 9.15. The normalized spacial score (nSPS) is 11.1. The molecule has 0 spiro atoms. The first kappa shape index (κ1) is 13.6. The van der Waals surface area contributed by atoms with Crippen LogP contribution in [0.25, 0.3) is 0 Å². The van der Waals surface area contributed by atoms with Crippen LogP contribution in [0.2, 0.25) is 0 Å². The molecule has 7 heteroatoms. The van der Waals surface area contributed by atoms with Crippen molar-refractivity contribution in [2.45, 2.75) is 19.8 Å². The van der Waals surface area contributed by atoms with Gasteiger partial charge in [-0.1, -0.05) is 0 Å². The van der Waals surface area contributed by atoms with Gasteiger partial charge < -0.3 is 5.73 Å². The van der Waals surface area contributed by atoms with Crippen LogP contribution >= 0.6 is 0 Å². The van der Waals surface area contributed by atoms with E-state index >= 15 is 0 Å². The molecule has 1 aromatic carbocycles. The van der Waals surface area contributed by atoms with Crippen LogP contribution in [-0.2, 0) is 4.79 Å². The van der Waals surface area contributed by atoms with Crippen LogP contribution in [0, 0.1) is 10.1 Å². The van der Waals surface area contributed by atoms with Crippen molar-refractivity contribution in [1.29, 1.82) is 0 Å². The van der Waals surface area contributed by atoms with Crippen molar-refractivity contribution in [2.75, 3.05) is 5.43 Å². The highest BCUT2D eigenvalue weighted by molar-refractivity contribution is 5.86. The summed E-state index contributed by atoms with van der Waals surface area (Å²) in [7, 11) is 0. The fourth-order valence-electron chi connectivity index (χ4n) is 1.18. The number of non-ortho nitro benzene ring substituents is 1. The third kappa shape index (κ3) is 4.60. The zero-order valence-corrected chi connectivity index (χ0v) is 9.92. The van der Waals surface area contributed by atoms with Gasteiger partial charge in [0.25, 0.3) is 5.69 Å². The number of nitrogens with one attached hydrogen (secondary N) is 1. The average molecular weight is 250 g/mol. The SMILES string of the molecule is C/C(CCC(N)=O)=N\Nc1ccc([N+](=O)[O-])cc1. The average Bonchev–Trinajstić information content (AvgIpc) is 2.34. The number of rotatable bonds is 6. The number of nitro groups is 1.